The minimum Gasteiger partial charge on any atom is -0.0616 e. The maximum atomic E-state index is 2.40. The van der Waals surface area contributed by atoms with Crippen molar-refractivity contribution in [3.05, 3.63) is 181 Å². The van der Waals surface area contributed by atoms with Crippen LogP contribution in [0.25, 0.3) is 87.6 Å². The van der Waals surface area contributed by atoms with Crippen LogP contribution in [0.2, 0.25) is 0 Å². The van der Waals surface area contributed by atoms with Crippen molar-refractivity contribution in [2.45, 2.75) is 19.3 Å². The Morgan fingerprint density at radius 1 is 0.306 bits per heavy atom. The van der Waals surface area contributed by atoms with Crippen LogP contribution in [0.4, 0.5) is 0 Å². The third-order valence-corrected chi connectivity index (χ3v) is 11.0. The van der Waals surface area contributed by atoms with Gasteiger partial charge in [-0.15, -0.1) is 0 Å². The summed E-state index contributed by atoms with van der Waals surface area (Å²) in [6.45, 7) is 4.80. The van der Waals surface area contributed by atoms with Crippen molar-refractivity contribution < 1.29 is 0 Å². The fourth-order valence-corrected chi connectivity index (χ4v) is 8.88. The van der Waals surface area contributed by atoms with Gasteiger partial charge in [-0.1, -0.05) is 184 Å². The van der Waals surface area contributed by atoms with Crippen LogP contribution in [0.5, 0.6) is 0 Å². The molecule has 0 heteroatoms. The van der Waals surface area contributed by atoms with Crippen LogP contribution in [-0.2, 0) is 5.41 Å². The van der Waals surface area contributed by atoms with Crippen molar-refractivity contribution in [1.29, 1.82) is 0 Å². The summed E-state index contributed by atoms with van der Waals surface area (Å²) in [4.78, 5) is 0. The second-order valence-corrected chi connectivity index (χ2v) is 14.0. The molecule has 0 N–H and O–H groups in total. The smallest absolute Gasteiger partial charge is 0.0165 e. The van der Waals surface area contributed by atoms with Crippen molar-refractivity contribution in [2.75, 3.05) is 0 Å². The molecule has 230 valence electrons. The van der Waals surface area contributed by atoms with Crippen LogP contribution < -0.4 is 0 Å². The molecule has 0 saturated heterocycles. The standard InChI is InChI=1S/C49H34/c1-49(2)44-24-12-23-42(47(44)43-30-29-32-14-4-6-17-37(32)48(43)49)46-40-20-9-7-18-38(40)45(39-19-8-10-21-41(39)46)34-27-25-33(26-28-34)36-22-11-15-31-13-3-5-16-35(31)36/h3-30H,1-2H3. The first kappa shape index (κ1) is 28.1. The second-order valence-electron chi connectivity index (χ2n) is 14.0. The van der Waals surface area contributed by atoms with Crippen LogP contribution in [0.15, 0.2) is 170 Å². The molecule has 0 saturated carbocycles. The van der Waals surface area contributed by atoms with Crippen molar-refractivity contribution in [3.63, 3.8) is 0 Å². The first-order chi connectivity index (χ1) is 24.1. The van der Waals surface area contributed by atoms with Gasteiger partial charge in [-0.2, -0.15) is 0 Å². The average molecular weight is 623 g/mol. The molecule has 49 heavy (non-hydrogen) atoms. The van der Waals surface area contributed by atoms with Gasteiger partial charge in [-0.3, -0.25) is 0 Å². The Balaban J connectivity index is 1.23. The van der Waals surface area contributed by atoms with Crippen LogP contribution in [0.1, 0.15) is 25.0 Å². The van der Waals surface area contributed by atoms with E-state index in [-0.39, 0.29) is 5.41 Å². The number of benzene rings is 9. The molecule has 1 aliphatic carbocycles. The summed E-state index contributed by atoms with van der Waals surface area (Å²) in [6.07, 6.45) is 0. The van der Waals surface area contributed by atoms with E-state index in [0.717, 1.165) is 0 Å². The van der Waals surface area contributed by atoms with Gasteiger partial charge in [0.1, 0.15) is 0 Å². The van der Waals surface area contributed by atoms with E-state index in [9.17, 15) is 0 Å². The summed E-state index contributed by atoms with van der Waals surface area (Å²) in [5, 5.41) is 10.3. The number of fused-ring (bicyclic) bond motifs is 8. The topological polar surface area (TPSA) is 0 Å². The lowest BCUT2D eigenvalue weighted by atomic mass is 9.79. The number of rotatable bonds is 3. The molecule has 0 aliphatic heterocycles. The lowest BCUT2D eigenvalue weighted by molar-refractivity contribution is 0.666. The Kier molecular flexibility index (Phi) is 6.02. The molecule has 0 aromatic heterocycles. The van der Waals surface area contributed by atoms with Gasteiger partial charge in [0.2, 0.25) is 0 Å². The Morgan fingerprint density at radius 3 is 1.47 bits per heavy atom. The second kappa shape index (κ2) is 10.5. The zero-order valence-corrected chi connectivity index (χ0v) is 27.7. The van der Waals surface area contributed by atoms with Gasteiger partial charge in [0.15, 0.2) is 0 Å². The number of hydrogen-bond acceptors (Lipinski definition) is 0. The molecule has 1 aliphatic rings. The Hall–Kier alpha value is -5.98. The van der Waals surface area contributed by atoms with Gasteiger partial charge in [0, 0.05) is 5.41 Å². The lowest BCUT2D eigenvalue weighted by Gasteiger charge is -2.23. The summed E-state index contributed by atoms with van der Waals surface area (Å²) >= 11 is 0. The highest BCUT2D eigenvalue weighted by Gasteiger charge is 2.38. The van der Waals surface area contributed by atoms with Gasteiger partial charge in [-0.05, 0) is 98.7 Å². The van der Waals surface area contributed by atoms with E-state index in [1.54, 1.807) is 0 Å². The predicted octanol–water partition coefficient (Wildman–Crippen LogP) is 13.6. The van der Waals surface area contributed by atoms with Crippen LogP contribution >= 0.6 is 0 Å². The van der Waals surface area contributed by atoms with E-state index in [1.807, 2.05) is 0 Å². The summed E-state index contributed by atoms with van der Waals surface area (Å²) in [5.41, 5.74) is 13.1. The first-order valence-electron chi connectivity index (χ1n) is 17.3. The molecule has 0 fully saturated rings. The highest BCUT2D eigenvalue weighted by atomic mass is 14.4. The third-order valence-electron chi connectivity index (χ3n) is 11.0. The van der Waals surface area contributed by atoms with Gasteiger partial charge in [-0.25, -0.2) is 0 Å². The monoisotopic (exact) mass is 622 g/mol. The summed E-state index contributed by atoms with van der Waals surface area (Å²) in [7, 11) is 0. The van der Waals surface area contributed by atoms with Gasteiger partial charge in [0.25, 0.3) is 0 Å². The van der Waals surface area contributed by atoms with Crippen molar-refractivity contribution in [3.8, 4) is 44.5 Å². The van der Waals surface area contributed by atoms with E-state index >= 15 is 0 Å². The molecule has 0 unspecified atom stereocenters. The molecular formula is C49H34. The summed E-state index contributed by atoms with van der Waals surface area (Å²) in [5.74, 6) is 0. The first-order valence-corrected chi connectivity index (χ1v) is 17.3. The lowest BCUT2D eigenvalue weighted by Crippen LogP contribution is -2.15. The highest BCUT2D eigenvalue weighted by Crippen LogP contribution is 2.56. The molecule has 10 rings (SSSR count). The minimum atomic E-state index is -0.112. The Labute approximate surface area is 286 Å². The van der Waals surface area contributed by atoms with Crippen molar-refractivity contribution in [1.82, 2.24) is 0 Å². The zero-order chi connectivity index (χ0) is 32.7. The molecule has 0 nitrogen and oxygen atoms in total. The third kappa shape index (κ3) is 4.04. The Bertz CT molecular complexity index is 2720. The molecule has 9 aromatic carbocycles. The number of hydrogen-bond donors (Lipinski definition) is 0. The average Bonchev–Trinajstić information content (AvgIpc) is 3.40. The van der Waals surface area contributed by atoms with E-state index in [1.165, 1.54) is 98.7 Å². The maximum Gasteiger partial charge on any atom is 0.0165 e. The predicted molar refractivity (Wildman–Crippen MR) is 210 cm³/mol. The largest absolute Gasteiger partial charge is 0.0616 e. The SMILES string of the molecule is CC1(C)c2cccc(-c3c4ccccc4c(-c4ccc(-c5cccc6ccccc56)cc4)c4ccccc34)c2-c2ccc3ccccc3c21. The molecule has 0 bridgehead atoms. The van der Waals surface area contributed by atoms with E-state index in [2.05, 4.69) is 184 Å². The molecule has 0 atom stereocenters. The normalized spacial score (nSPS) is 13.3. The van der Waals surface area contributed by atoms with Gasteiger partial charge in [0.05, 0.1) is 0 Å². The fraction of sp³-hybridized carbons (Fsp3) is 0.0612. The molecule has 0 heterocycles. The minimum absolute atomic E-state index is 0.112. The quantitative estimate of drug-likeness (QED) is 0.172. The Morgan fingerprint density at radius 2 is 0.796 bits per heavy atom. The zero-order valence-electron chi connectivity index (χ0n) is 27.7. The van der Waals surface area contributed by atoms with Gasteiger partial charge < -0.3 is 0 Å². The summed E-state index contributed by atoms with van der Waals surface area (Å²) in [6, 6.07) is 63.0. The molecule has 0 spiro atoms. The van der Waals surface area contributed by atoms with E-state index < -0.39 is 0 Å². The van der Waals surface area contributed by atoms with Crippen molar-refractivity contribution >= 4 is 43.1 Å². The van der Waals surface area contributed by atoms with Crippen LogP contribution in [0.3, 0.4) is 0 Å². The van der Waals surface area contributed by atoms with Crippen LogP contribution in [-0.4, -0.2) is 0 Å². The molecule has 9 aromatic rings. The molecule has 0 amide bonds. The van der Waals surface area contributed by atoms with Gasteiger partial charge >= 0.3 is 0 Å². The fourth-order valence-electron chi connectivity index (χ4n) is 8.88. The van der Waals surface area contributed by atoms with Crippen molar-refractivity contribution in [2.24, 2.45) is 0 Å². The maximum absolute atomic E-state index is 2.40. The van der Waals surface area contributed by atoms with Crippen LogP contribution in [0, 0.1) is 0 Å². The van der Waals surface area contributed by atoms with E-state index in [4.69, 9.17) is 0 Å². The molecular weight excluding hydrogens is 589 g/mol. The molecule has 0 radical (unpaired) electrons. The highest BCUT2D eigenvalue weighted by molar-refractivity contribution is 6.23. The summed E-state index contributed by atoms with van der Waals surface area (Å²) < 4.78 is 0. The van der Waals surface area contributed by atoms with E-state index in [0.29, 0.717) is 0 Å².